The summed E-state index contributed by atoms with van der Waals surface area (Å²) in [6.07, 6.45) is 3.48. The third-order valence-corrected chi connectivity index (χ3v) is 4.76. The maximum Gasteiger partial charge on any atom is 0.176 e. The van der Waals surface area contributed by atoms with Crippen LogP contribution in [0.5, 0.6) is 0 Å². The van der Waals surface area contributed by atoms with Crippen molar-refractivity contribution in [3.63, 3.8) is 0 Å². The van der Waals surface area contributed by atoms with Crippen LogP contribution in [0.2, 0.25) is 0 Å². The van der Waals surface area contributed by atoms with Crippen LogP contribution < -0.4 is 5.73 Å². The van der Waals surface area contributed by atoms with Gasteiger partial charge in [-0.1, -0.05) is 24.3 Å². The molecule has 0 saturated carbocycles. The van der Waals surface area contributed by atoms with Crippen molar-refractivity contribution in [3.8, 4) is 22.4 Å². The van der Waals surface area contributed by atoms with Gasteiger partial charge in [0, 0.05) is 22.9 Å². The van der Waals surface area contributed by atoms with Gasteiger partial charge < -0.3 is 5.73 Å². The maximum atomic E-state index is 14.6. The van der Waals surface area contributed by atoms with Gasteiger partial charge in [-0.2, -0.15) is 0 Å². The van der Waals surface area contributed by atoms with E-state index >= 15 is 0 Å². The van der Waals surface area contributed by atoms with Gasteiger partial charge in [0.2, 0.25) is 0 Å². The third kappa shape index (κ3) is 3.20. The average Bonchev–Trinajstić information content (AvgIpc) is 2.57. The lowest BCUT2D eigenvalue weighted by atomic mass is 10.0. The highest BCUT2D eigenvalue weighted by molar-refractivity contribution is 7.90. The Morgan fingerprint density at radius 1 is 0.880 bits per heavy atom. The van der Waals surface area contributed by atoms with Crippen molar-refractivity contribution in [1.29, 1.82) is 0 Å². The normalized spacial score (nSPS) is 11.5. The monoisotopic (exact) mass is 361 g/mol. The highest BCUT2D eigenvalue weighted by Gasteiger charge is 2.21. The van der Waals surface area contributed by atoms with Crippen molar-refractivity contribution in [3.05, 3.63) is 60.4 Å². The summed E-state index contributed by atoms with van der Waals surface area (Å²) in [6.45, 7) is 0. The molecule has 0 amide bonds. The molecule has 0 bridgehead atoms. The second-order valence-electron chi connectivity index (χ2n) is 5.38. The average molecular weight is 361 g/mol. The van der Waals surface area contributed by atoms with Gasteiger partial charge in [-0.25, -0.2) is 22.2 Å². The molecule has 0 aliphatic heterocycles. The highest BCUT2D eigenvalue weighted by atomic mass is 32.2. The number of nitrogens with zero attached hydrogens (tertiary/aromatic N) is 2. The lowest BCUT2D eigenvalue weighted by Gasteiger charge is -2.11. The Hall–Kier alpha value is -2.87. The number of halogens is 2. The largest absolute Gasteiger partial charge is 0.382 e. The van der Waals surface area contributed by atoms with Crippen LogP contribution >= 0.6 is 0 Å². The molecule has 0 aliphatic rings. The molecule has 2 N–H and O–H groups in total. The second-order valence-corrected chi connectivity index (χ2v) is 7.37. The standard InChI is InChI=1S/C17H13F2N3O2S/c1-25(23,24)14-5-3-2-4-10(14)11-6-7-12(17(19)16(11)18)13-8-22-15(20)9-21-13/h2-9H,1H3,(H2,20,22). The number of anilines is 1. The molecule has 1 heterocycles. The van der Waals surface area contributed by atoms with Crippen molar-refractivity contribution in [2.75, 3.05) is 12.0 Å². The van der Waals surface area contributed by atoms with Gasteiger partial charge in [-0.05, 0) is 12.1 Å². The molecule has 2 aromatic carbocycles. The molecule has 1 aromatic heterocycles. The molecule has 3 rings (SSSR count). The predicted molar refractivity (Wildman–Crippen MR) is 90.3 cm³/mol. The van der Waals surface area contributed by atoms with Crippen LogP contribution in [0.4, 0.5) is 14.6 Å². The number of aromatic nitrogens is 2. The zero-order valence-corrected chi connectivity index (χ0v) is 13.9. The van der Waals surface area contributed by atoms with E-state index in [4.69, 9.17) is 5.73 Å². The maximum absolute atomic E-state index is 14.6. The summed E-state index contributed by atoms with van der Waals surface area (Å²) < 4.78 is 53.0. The van der Waals surface area contributed by atoms with Crippen molar-refractivity contribution in [1.82, 2.24) is 9.97 Å². The molecule has 128 valence electrons. The van der Waals surface area contributed by atoms with E-state index in [0.717, 1.165) is 6.26 Å². The van der Waals surface area contributed by atoms with E-state index in [1.54, 1.807) is 6.07 Å². The molecule has 0 radical (unpaired) electrons. The van der Waals surface area contributed by atoms with Crippen LogP contribution in [0, 0.1) is 11.6 Å². The van der Waals surface area contributed by atoms with Gasteiger partial charge >= 0.3 is 0 Å². The summed E-state index contributed by atoms with van der Waals surface area (Å²) in [6, 6.07) is 8.49. The van der Waals surface area contributed by atoms with Crippen LogP contribution in [0.3, 0.4) is 0 Å². The lowest BCUT2D eigenvalue weighted by Crippen LogP contribution is -2.02. The van der Waals surface area contributed by atoms with Crippen molar-refractivity contribution >= 4 is 15.7 Å². The van der Waals surface area contributed by atoms with Crippen LogP contribution in [0.1, 0.15) is 0 Å². The van der Waals surface area contributed by atoms with Gasteiger partial charge in [0.15, 0.2) is 21.5 Å². The minimum atomic E-state index is -3.60. The van der Waals surface area contributed by atoms with E-state index in [9.17, 15) is 17.2 Å². The van der Waals surface area contributed by atoms with Crippen molar-refractivity contribution < 1.29 is 17.2 Å². The number of hydrogen-bond acceptors (Lipinski definition) is 5. The van der Waals surface area contributed by atoms with E-state index in [2.05, 4.69) is 9.97 Å². The molecule has 0 atom stereocenters. The van der Waals surface area contributed by atoms with Crippen molar-refractivity contribution in [2.24, 2.45) is 0 Å². The zero-order chi connectivity index (χ0) is 18.2. The predicted octanol–water partition coefficient (Wildman–Crippen LogP) is 3.07. The molecular weight excluding hydrogens is 348 g/mol. The summed E-state index contributed by atoms with van der Waals surface area (Å²) in [4.78, 5) is 7.64. The Balaban J connectivity index is 2.19. The Labute approximate surface area is 143 Å². The molecular formula is C17H13F2N3O2S. The van der Waals surface area contributed by atoms with E-state index in [1.165, 1.54) is 42.7 Å². The van der Waals surface area contributed by atoms with E-state index in [0.29, 0.717) is 0 Å². The number of sulfone groups is 1. The highest BCUT2D eigenvalue weighted by Crippen LogP contribution is 2.33. The Bertz CT molecular complexity index is 1050. The SMILES string of the molecule is CS(=O)(=O)c1ccccc1-c1ccc(-c2cnc(N)cn2)c(F)c1F. The number of nitrogens with two attached hydrogens (primary N) is 1. The molecule has 0 aliphatic carbocycles. The number of benzene rings is 2. The number of rotatable bonds is 3. The second kappa shape index (κ2) is 6.21. The first-order valence-electron chi connectivity index (χ1n) is 7.14. The van der Waals surface area contributed by atoms with E-state index < -0.39 is 21.5 Å². The van der Waals surface area contributed by atoms with E-state index in [-0.39, 0.29) is 33.1 Å². The molecule has 5 nitrogen and oxygen atoms in total. The Morgan fingerprint density at radius 3 is 2.16 bits per heavy atom. The molecule has 0 spiro atoms. The van der Waals surface area contributed by atoms with Gasteiger partial charge in [0.1, 0.15) is 5.82 Å². The first-order chi connectivity index (χ1) is 11.8. The molecule has 3 aromatic rings. The summed E-state index contributed by atoms with van der Waals surface area (Å²) >= 11 is 0. The van der Waals surface area contributed by atoms with Crippen LogP contribution in [0.25, 0.3) is 22.4 Å². The molecule has 0 fully saturated rings. The molecule has 0 saturated heterocycles. The topological polar surface area (TPSA) is 85.9 Å². The zero-order valence-electron chi connectivity index (χ0n) is 13.1. The smallest absolute Gasteiger partial charge is 0.176 e. The van der Waals surface area contributed by atoms with Gasteiger partial charge in [-0.15, -0.1) is 0 Å². The van der Waals surface area contributed by atoms with Gasteiger partial charge in [0.25, 0.3) is 0 Å². The number of nitrogen functional groups attached to an aromatic ring is 1. The van der Waals surface area contributed by atoms with Crippen molar-refractivity contribution in [2.45, 2.75) is 4.90 Å². The molecule has 0 unspecified atom stereocenters. The van der Waals surface area contributed by atoms with Gasteiger partial charge in [0.05, 0.1) is 23.0 Å². The summed E-state index contributed by atoms with van der Waals surface area (Å²) in [5.74, 6) is -2.14. The Morgan fingerprint density at radius 2 is 1.52 bits per heavy atom. The molecule has 25 heavy (non-hydrogen) atoms. The molecule has 8 heteroatoms. The van der Waals surface area contributed by atoms with Gasteiger partial charge in [-0.3, -0.25) is 4.98 Å². The lowest BCUT2D eigenvalue weighted by molar-refractivity contribution is 0.513. The first kappa shape index (κ1) is 17.0. The first-order valence-corrected chi connectivity index (χ1v) is 9.03. The quantitative estimate of drug-likeness (QED) is 0.775. The fraction of sp³-hybridized carbons (Fsp3) is 0.0588. The summed E-state index contributed by atoms with van der Waals surface area (Å²) in [7, 11) is -3.60. The summed E-state index contributed by atoms with van der Waals surface area (Å²) in [5.41, 5.74) is 5.41. The Kier molecular flexibility index (Phi) is 4.22. The third-order valence-electron chi connectivity index (χ3n) is 3.61. The fourth-order valence-corrected chi connectivity index (χ4v) is 3.35. The fourth-order valence-electron chi connectivity index (χ4n) is 2.44. The minimum Gasteiger partial charge on any atom is -0.382 e. The van der Waals surface area contributed by atoms with Crippen LogP contribution in [0.15, 0.2) is 53.7 Å². The van der Waals surface area contributed by atoms with Crippen LogP contribution in [-0.2, 0) is 9.84 Å². The minimum absolute atomic E-state index is 0.0756. The summed E-state index contributed by atoms with van der Waals surface area (Å²) in [5, 5.41) is 0. The van der Waals surface area contributed by atoms with E-state index in [1.807, 2.05) is 0 Å². The number of hydrogen-bond donors (Lipinski definition) is 1. The van der Waals surface area contributed by atoms with Crippen LogP contribution in [-0.4, -0.2) is 24.6 Å².